The maximum atomic E-state index is 12.3. The van der Waals surface area contributed by atoms with Crippen molar-refractivity contribution in [1.29, 1.82) is 0 Å². The normalized spacial score (nSPS) is 10.9. The molecule has 0 aliphatic heterocycles. The molecule has 2 aromatic rings. The summed E-state index contributed by atoms with van der Waals surface area (Å²) in [7, 11) is 1.57. The van der Waals surface area contributed by atoms with Gasteiger partial charge in [-0.1, -0.05) is 13.8 Å². The summed E-state index contributed by atoms with van der Waals surface area (Å²) in [6, 6.07) is 5.34. The molecule has 5 heteroatoms. The molecule has 112 valence electrons. The fraction of sp³-hybridized carbons (Fsp3) is 0.375. The average Bonchev–Trinajstić information content (AvgIpc) is 2.83. The number of rotatable bonds is 4. The van der Waals surface area contributed by atoms with Gasteiger partial charge in [0, 0.05) is 25.1 Å². The summed E-state index contributed by atoms with van der Waals surface area (Å²) in [5.41, 5.74) is 1.19. The van der Waals surface area contributed by atoms with Crippen LogP contribution in [0.2, 0.25) is 0 Å². The first-order valence-electron chi connectivity index (χ1n) is 6.92. The minimum atomic E-state index is -0.179. The number of hydrogen-bond donors (Lipinski definition) is 1. The first-order valence-corrected chi connectivity index (χ1v) is 6.92. The number of nitrogens with one attached hydrogen (secondary N) is 1. The number of carbonyl (C=O) groups is 2. The molecule has 1 aromatic heterocycles. The molecule has 0 bridgehead atoms. The third-order valence-corrected chi connectivity index (χ3v) is 3.27. The van der Waals surface area contributed by atoms with E-state index in [1.54, 1.807) is 31.5 Å². The zero-order valence-corrected chi connectivity index (χ0v) is 12.8. The third-order valence-electron chi connectivity index (χ3n) is 3.27. The molecule has 1 aromatic carbocycles. The van der Waals surface area contributed by atoms with Crippen LogP contribution in [0.5, 0.6) is 5.75 Å². The van der Waals surface area contributed by atoms with Crippen molar-refractivity contribution in [1.82, 2.24) is 9.88 Å². The van der Waals surface area contributed by atoms with Crippen LogP contribution in [-0.4, -0.2) is 30.0 Å². The number of methoxy groups -OCH3 is 1. The van der Waals surface area contributed by atoms with E-state index < -0.39 is 0 Å². The molecule has 1 heterocycles. The predicted octanol–water partition coefficient (Wildman–Crippen LogP) is 2.70. The Morgan fingerprint density at radius 1 is 1.33 bits per heavy atom. The van der Waals surface area contributed by atoms with Gasteiger partial charge in [-0.15, -0.1) is 0 Å². The van der Waals surface area contributed by atoms with Gasteiger partial charge in [0.15, 0.2) is 0 Å². The molecule has 1 N–H and O–H groups in total. The van der Waals surface area contributed by atoms with Crippen molar-refractivity contribution in [2.24, 2.45) is 5.92 Å². The summed E-state index contributed by atoms with van der Waals surface area (Å²) < 4.78 is 6.68. The second-order valence-electron chi connectivity index (χ2n) is 5.42. The Morgan fingerprint density at radius 3 is 2.62 bits per heavy atom. The minimum absolute atomic E-state index is 0.131. The minimum Gasteiger partial charge on any atom is -0.497 e. The molecule has 0 saturated carbocycles. The summed E-state index contributed by atoms with van der Waals surface area (Å²) in [6.45, 7) is 6.12. The molecule has 1 amide bonds. The largest absolute Gasteiger partial charge is 0.497 e. The molecule has 0 aliphatic rings. The van der Waals surface area contributed by atoms with E-state index in [1.165, 1.54) is 11.5 Å². The van der Waals surface area contributed by atoms with E-state index >= 15 is 0 Å². The fourth-order valence-corrected chi connectivity index (χ4v) is 2.17. The van der Waals surface area contributed by atoms with Gasteiger partial charge in [-0.25, -0.2) is 0 Å². The van der Waals surface area contributed by atoms with E-state index in [-0.39, 0.29) is 11.8 Å². The Balaban J connectivity index is 2.51. The fourth-order valence-electron chi connectivity index (χ4n) is 2.17. The van der Waals surface area contributed by atoms with Gasteiger partial charge in [0.2, 0.25) is 5.91 Å². The molecular formula is C16H20N2O3. The zero-order chi connectivity index (χ0) is 15.6. The Kier molecular flexibility index (Phi) is 4.31. The van der Waals surface area contributed by atoms with Crippen LogP contribution in [0.15, 0.2) is 24.4 Å². The topological polar surface area (TPSA) is 60.3 Å². The van der Waals surface area contributed by atoms with Crippen LogP contribution in [0, 0.1) is 5.92 Å². The highest BCUT2D eigenvalue weighted by Crippen LogP contribution is 2.26. The van der Waals surface area contributed by atoms with Crippen molar-refractivity contribution in [2.45, 2.75) is 20.8 Å². The van der Waals surface area contributed by atoms with Crippen molar-refractivity contribution >= 4 is 22.7 Å². The lowest BCUT2D eigenvalue weighted by atomic mass is 10.1. The lowest BCUT2D eigenvalue weighted by molar-refractivity contribution is 0.0941. The molecule has 0 saturated heterocycles. The Hall–Kier alpha value is -2.30. The maximum absolute atomic E-state index is 12.3. The van der Waals surface area contributed by atoms with Gasteiger partial charge >= 0.3 is 0 Å². The van der Waals surface area contributed by atoms with Gasteiger partial charge in [-0.3, -0.25) is 14.2 Å². The molecule has 21 heavy (non-hydrogen) atoms. The number of carbonyl (C=O) groups excluding carboxylic acids is 2. The third kappa shape index (κ3) is 3.07. The van der Waals surface area contributed by atoms with Crippen LogP contribution in [-0.2, 0) is 0 Å². The summed E-state index contributed by atoms with van der Waals surface area (Å²) in [5.74, 6) is 0.710. The summed E-state index contributed by atoms with van der Waals surface area (Å²) in [4.78, 5) is 24.0. The van der Waals surface area contributed by atoms with Gasteiger partial charge < -0.3 is 10.1 Å². The maximum Gasteiger partial charge on any atom is 0.253 e. The smallest absolute Gasteiger partial charge is 0.253 e. The highest BCUT2D eigenvalue weighted by Gasteiger charge is 2.17. The number of fused-ring (bicyclic) bond motifs is 1. The molecule has 0 radical (unpaired) electrons. The average molecular weight is 288 g/mol. The van der Waals surface area contributed by atoms with Gasteiger partial charge in [0.25, 0.3) is 5.91 Å². The van der Waals surface area contributed by atoms with Gasteiger partial charge in [-0.2, -0.15) is 0 Å². The monoisotopic (exact) mass is 288 g/mol. The van der Waals surface area contributed by atoms with Gasteiger partial charge in [-0.05, 0) is 24.1 Å². The lowest BCUT2D eigenvalue weighted by Crippen LogP contribution is -2.27. The second kappa shape index (κ2) is 5.99. The van der Waals surface area contributed by atoms with E-state index in [9.17, 15) is 9.59 Å². The van der Waals surface area contributed by atoms with Crippen LogP contribution >= 0.6 is 0 Å². The van der Waals surface area contributed by atoms with Crippen LogP contribution in [0.4, 0.5) is 0 Å². The molecule has 0 aliphatic carbocycles. The van der Waals surface area contributed by atoms with E-state index in [4.69, 9.17) is 4.74 Å². The Bertz CT molecular complexity index is 686. The Labute approximate surface area is 123 Å². The van der Waals surface area contributed by atoms with Crippen molar-refractivity contribution in [3.8, 4) is 5.75 Å². The summed E-state index contributed by atoms with van der Waals surface area (Å²) >= 11 is 0. The zero-order valence-electron chi connectivity index (χ0n) is 12.8. The van der Waals surface area contributed by atoms with Crippen LogP contribution < -0.4 is 10.1 Å². The summed E-state index contributed by atoms with van der Waals surface area (Å²) in [6.07, 6.45) is 1.59. The molecular weight excluding hydrogens is 268 g/mol. The number of amides is 1. The van der Waals surface area contributed by atoms with Gasteiger partial charge in [0.05, 0.1) is 18.2 Å². The van der Waals surface area contributed by atoms with E-state index in [2.05, 4.69) is 5.32 Å². The SMILES string of the molecule is COc1ccc2c(c1)c(C(=O)NCC(C)C)cn2C(C)=O. The number of nitrogens with zero attached hydrogens (tertiary/aromatic N) is 1. The first kappa shape index (κ1) is 15.1. The number of aromatic nitrogens is 1. The molecule has 0 spiro atoms. The first-order chi connectivity index (χ1) is 9.93. The standard InChI is InChI=1S/C16H20N2O3/c1-10(2)8-17-16(20)14-9-18(11(3)19)15-6-5-12(21-4)7-13(14)15/h5-7,9-10H,8H2,1-4H3,(H,17,20). The number of benzene rings is 1. The van der Waals surface area contributed by atoms with Crippen molar-refractivity contribution in [3.63, 3.8) is 0 Å². The van der Waals surface area contributed by atoms with E-state index in [1.807, 2.05) is 13.8 Å². The van der Waals surface area contributed by atoms with Crippen molar-refractivity contribution in [3.05, 3.63) is 30.0 Å². The highest BCUT2D eigenvalue weighted by molar-refractivity contribution is 6.09. The van der Waals surface area contributed by atoms with Crippen LogP contribution in [0.1, 0.15) is 35.9 Å². The molecule has 5 nitrogen and oxygen atoms in total. The van der Waals surface area contributed by atoms with Gasteiger partial charge in [0.1, 0.15) is 5.75 Å². The number of ether oxygens (including phenoxy) is 1. The van der Waals surface area contributed by atoms with Crippen molar-refractivity contribution < 1.29 is 14.3 Å². The number of hydrogen-bond acceptors (Lipinski definition) is 3. The quantitative estimate of drug-likeness (QED) is 0.941. The van der Waals surface area contributed by atoms with Crippen LogP contribution in [0.3, 0.4) is 0 Å². The second-order valence-corrected chi connectivity index (χ2v) is 5.42. The van der Waals surface area contributed by atoms with Crippen LogP contribution in [0.25, 0.3) is 10.9 Å². The lowest BCUT2D eigenvalue weighted by Gasteiger charge is -2.07. The highest BCUT2D eigenvalue weighted by atomic mass is 16.5. The molecule has 0 fully saturated rings. The van der Waals surface area contributed by atoms with Crippen molar-refractivity contribution in [2.75, 3.05) is 13.7 Å². The Morgan fingerprint density at radius 2 is 2.05 bits per heavy atom. The molecule has 0 atom stereocenters. The van der Waals surface area contributed by atoms with E-state index in [0.717, 1.165) is 0 Å². The molecule has 2 rings (SSSR count). The summed E-state index contributed by atoms with van der Waals surface area (Å²) in [5, 5.41) is 3.59. The predicted molar refractivity (Wildman–Crippen MR) is 82.0 cm³/mol. The molecule has 0 unspecified atom stereocenters. The van der Waals surface area contributed by atoms with E-state index in [0.29, 0.717) is 34.7 Å².